The molecule has 1 aliphatic rings. The van der Waals surface area contributed by atoms with Gasteiger partial charge in [0.25, 0.3) is 14.2 Å². The summed E-state index contributed by atoms with van der Waals surface area (Å²) in [5, 5.41) is 7.56. The van der Waals surface area contributed by atoms with E-state index in [-0.39, 0.29) is 11.2 Å². The average Bonchev–Trinajstić information content (AvgIpc) is 3.17. The molecular formula is C12H11BrClN3O3S. The zero-order valence-corrected chi connectivity index (χ0v) is 14.1. The Morgan fingerprint density at radius 1 is 1.38 bits per heavy atom. The highest BCUT2D eigenvalue weighted by Gasteiger charge is 2.34. The third-order valence-electron chi connectivity index (χ3n) is 3.21. The van der Waals surface area contributed by atoms with Crippen molar-refractivity contribution in [2.24, 2.45) is 0 Å². The molecule has 9 heteroatoms. The molecule has 6 nitrogen and oxygen atoms in total. The normalized spacial score (nSPS) is 15.2. The smallest absolute Gasteiger partial charge is 0.296 e. The molecule has 0 N–H and O–H groups in total. The van der Waals surface area contributed by atoms with Gasteiger partial charge in [-0.3, -0.25) is 4.57 Å². The quantitative estimate of drug-likeness (QED) is 0.748. The Kier molecular flexibility index (Phi) is 3.71. The van der Waals surface area contributed by atoms with Crippen molar-refractivity contribution in [1.29, 1.82) is 0 Å². The number of hydrogen-bond donors (Lipinski definition) is 0. The van der Waals surface area contributed by atoms with Crippen LogP contribution in [0.5, 0.6) is 5.75 Å². The first-order chi connectivity index (χ1) is 9.91. The lowest BCUT2D eigenvalue weighted by Gasteiger charge is -2.10. The van der Waals surface area contributed by atoms with Crippen molar-refractivity contribution in [3.8, 4) is 17.1 Å². The highest BCUT2D eigenvalue weighted by Crippen LogP contribution is 2.42. The van der Waals surface area contributed by atoms with Crippen LogP contribution in [0.2, 0.25) is 0 Å². The van der Waals surface area contributed by atoms with Gasteiger partial charge in [0.1, 0.15) is 5.75 Å². The molecule has 0 atom stereocenters. The Hall–Kier alpha value is -1.12. The second-order valence-electron chi connectivity index (χ2n) is 4.69. The minimum absolute atomic E-state index is 0.0663. The van der Waals surface area contributed by atoms with Crippen molar-refractivity contribution in [3.05, 3.63) is 22.7 Å². The molecule has 0 saturated heterocycles. The van der Waals surface area contributed by atoms with E-state index >= 15 is 0 Å². The van der Waals surface area contributed by atoms with E-state index in [1.165, 1.54) is 0 Å². The maximum atomic E-state index is 11.6. The Labute approximate surface area is 134 Å². The van der Waals surface area contributed by atoms with Crippen molar-refractivity contribution in [1.82, 2.24) is 14.8 Å². The number of nitrogens with zero attached hydrogens (tertiary/aromatic N) is 3. The zero-order valence-electron chi connectivity index (χ0n) is 11.0. The second-order valence-corrected chi connectivity index (χ2v) is 8.01. The third-order valence-corrected chi connectivity index (χ3v) is 5.03. The molecule has 3 rings (SSSR count). The van der Waals surface area contributed by atoms with Crippen molar-refractivity contribution >= 4 is 35.7 Å². The van der Waals surface area contributed by atoms with E-state index < -0.39 is 9.05 Å². The molecule has 2 aromatic rings. The maximum Gasteiger partial charge on any atom is 0.296 e. The van der Waals surface area contributed by atoms with Gasteiger partial charge in [-0.15, -0.1) is 10.2 Å². The number of halogens is 2. The van der Waals surface area contributed by atoms with Crippen molar-refractivity contribution in [2.75, 3.05) is 7.11 Å². The van der Waals surface area contributed by atoms with Gasteiger partial charge in [0.15, 0.2) is 5.82 Å². The van der Waals surface area contributed by atoms with Crippen LogP contribution in [0.3, 0.4) is 0 Å². The van der Waals surface area contributed by atoms with Crippen LogP contribution >= 0.6 is 26.6 Å². The molecule has 1 saturated carbocycles. The molecule has 0 amide bonds. The van der Waals surface area contributed by atoms with Crippen LogP contribution in [0.15, 0.2) is 27.8 Å². The Morgan fingerprint density at radius 3 is 2.67 bits per heavy atom. The molecule has 0 spiro atoms. The lowest BCUT2D eigenvalue weighted by molar-refractivity contribution is 0.415. The number of ether oxygens (including phenoxy) is 1. The first kappa shape index (κ1) is 14.8. The number of rotatable bonds is 4. The first-order valence-electron chi connectivity index (χ1n) is 6.15. The number of aromatic nitrogens is 3. The molecule has 112 valence electrons. The number of benzene rings is 1. The molecule has 0 aliphatic heterocycles. The van der Waals surface area contributed by atoms with Gasteiger partial charge in [-0.2, -0.15) is 0 Å². The predicted octanol–water partition coefficient (Wildman–Crippen LogP) is 2.98. The maximum absolute atomic E-state index is 11.6. The zero-order chi connectivity index (χ0) is 15.2. The van der Waals surface area contributed by atoms with E-state index in [9.17, 15) is 8.42 Å². The van der Waals surface area contributed by atoms with E-state index in [1.807, 2.05) is 6.07 Å². The summed E-state index contributed by atoms with van der Waals surface area (Å²) in [6.45, 7) is 0. The van der Waals surface area contributed by atoms with Crippen LogP contribution in [0.4, 0.5) is 0 Å². The number of methoxy groups -OCH3 is 1. The molecule has 1 fully saturated rings. The van der Waals surface area contributed by atoms with Gasteiger partial charge < -0.3 is 4.74 Å². The van der Waals surface area contributed by atoms with Gasteiger partial charge in [0, 0.05) is 26.8 Å². The van der Waals surface area contributed by atoms with Crippen LogP contribution in [0.1, 0.15) is 18.9 Å². The summed E-state index contributed by atoms with van der Waals surface area (Å²) in [6.07, 6.45) is 1.76. The minimum atomic E-state index is -3.94. The molecule has 21 heavy (non-hydrogen) atoms. The van der Waals surface area contributed by atoms with Crippen molar-refractivity contribution in [2.45, 2.75) is 24.0 Å². The number of hydrogen-bond acceptors (Lipinski definition) is 5. The van der Waals surface area contributed by atoms with Gasteiger partial charge in [-0.05, 0) is 31.0 Å². The van der Waals surface area contributed by atoms with Crippen molar-refractivity contribution < 1.29 is 13.2 Å². The average molecular weight is 393 g/mol. The molecule has 0 radical (unpaired) electrons. The standard InChI is InChI=1S/C12H11BrClN3O3S/c1-20-8-4-5-10(13)9(6-8)11-15-16-12(21(14,18)19)17(11)7-2-3-7/h4-7H,2-3H2,1H3. The summed E-state index contributed by atoms with van der Waals surface area (Å²) < 4.78 is 30.8. The molecular weight excluding hydrogens is 382 g/mol. The minimum Gasteiger partial charge on any atom is -0.497 e. The fourth-order valence-electron chi connectivity index (χ4n) is 2.09. The monoisotopic (exact) mass is 391 g/mol. The molecule has 1 aromatic carbocycles. The van der Waals surface area contributed by atoms with Gasteiger partial charge in [-0.1, -0.05) is 15.9 Å². The van der Waals surface area contributed by atoms with E-state index in [0.717, 1.165) is 17.3 Å². The lowest BCUT2D eigenvalue weighted by Crippen LogP contribution is -2.06. The van der Waals surface area contributed by atoms with E-state index in [4.69, 9.17) is 15.4 Å². The Bertz CT molecular complexity index is 802. The van der Waals surface area contributed by atoms with E-state index in [1.54, 1.807) is 23.8 Å². The highest BCUT2D eigenvalue weighted by atomic mass is 79.9. The summed E-state index contributed by atoms with van der Waals surface area (Å²) in [6, 6.07) is 5.45. The van der Waals surface area contributed by atoms with Gasteiger partial charge in [0.2, 0.25) is 0 Å². The van der Waals surface area contributed by atoms with Crippen molar-refractivity contribution in [3.63, 3.8) is 0 Å². The molecule has 1 aromatic heterocycles. The van der Waals surface area contributed by atoms with E-state index in [0.29, 0.717) is 17.1 Å². The van der Waals surface area contributed by atoms with Crippen LogP contribution in [-0.2, 0) is 9.05 Å². The largest absolute Gasteiger partial charge is 0.497 e. The molecule has 1 aliphatic carbocycles. The Balaban J connectivity index is 2.22. The van der Waals surface area contributed by atoms with Gasteiger partial charge in [-0.25, -0.2) is 8.42 Å². The summed E-state index contributed by atoms with van der Waals surface area (Å²) in [5.74, 6) is 1.11. The lowest BCUT2D eigenvalue weighted by atomic mass is 10.2. The molecule has 0 bridgehead atoms. The van der Waals surface area contributed by atoms with Gasteiger partial charge >= 0.3 is 0 Å². The summed E-state index contributed by atoms with van der Waals surface area (Å²) in [4.78, 5) is 0. The van der Waals surface area contributed by atoms with Crippen LogP contribution < -0.4 is 4.74 Å². The fraction of sp³-hybridized carbons (Fsp3) is 0.333. The summed E-state index contributed by atoms with van der Waals surface area (Å²) in [5.41, 5.74) is 0.709. The third kappa shape index (κ3) is 2.79. The molecule has 1 heterocycles. The van der Waals surface area contributed by atoms with Crippen LogP contribution in [-0.4, -0.2) is 30.3 Å². The van der Waals surface area contributed by atoms with Crippen LogP contribution in [0, 0.1) is 0 Å². The SMILES string of the molecule is COc1ccc(Br)c(-c2nnc(S(=O)(=O)Cl)n2C2CC2)c1. The Morgan fingerprint density at radius 2 is 2.10 bits per heavy atom. The summed E-state index contributed by atoms with van der Waals surface area (Å²) in [7, 11) is 3.07. The summed E-state index contributed by atoms with van der Waals surface area (Å²) >= 11 is 3.44. The topological polar surface area (TPSA) is 74.1 Å². The van der Waals surface area contributed by atoms with Gasteiger partial charge in [0.05, 0.1) is 7.11 Å². The van der Waals surface area contributed by atoms with E-state index in [2.05, 4.69) is 26.1 Å². The van der Waals surface area contributed by atoms with Crippen LogP contribution in [0.25, 0.3) is 11.4 Å². The fourth-order valence-corrected chi connectivity index (χ4v) is 3.44. The predicted molar refractivity (Wildman–Crippen MR) is 81.0 cm³/mol. The highest BCUT2D eigenvalue weighted by molar-refractivity contribution is 9.10. The second kappa shape index (κ2) is 5.26. The first-order valence-corrected chi connectivity index (χ1v) is 9.25. The molecule has 0 unspecified atom stereocenters.